The third-order valence-corrected chi connectivity index (χ3v) is 4.68. The zero-order valence-corrected chi connectivity index (χ0v) is 15.0. The molecule has 0 bridgehead atoms. The summed E-state index contributed by atoms with van der Waals surface area (Å²) in [5, 5.41) is 4.26. The van der Waals surface area contributed by atoms with E-state index in [0.717, 1.165) is 46.8 Å². The molecule has 21 heavy (non-hydrogen) atoms. The molecule has 1 aromatic rings. The third-order valence-electron chi connectivity index (χ3n) is 3.87. The lowest BCUT2D eigenvalue weighted by molar-refractivity contribution is 0.0995. The predicted octanol–water partition coefficient (Wildman–Crippen LogP) is 4.72. The molecule has 2 rings (SSSR count). The van der Waals surface area contributed by atoms with E-state index >= 15 is 0 Å². The summed E-state index contributed by atoms with van der Waals surface area (Å²) in [6.07, 6.45) is 4.84. The highest BCUT2D eigenvalue weighted by atomic mass is 79.9. The van der Waals surface area contributed by atoms with Gasteiger partial charge in [-0.25, -0.2) is 0 Å². The molecular weight excluding hydrogens is 354 g/mol. The van der Waals surface area contributed by atoms with Crippen molar-refractivity contribution in [2.45, 2.75) is 44.8 Å². The van der Waals surface area contributed by atoms with Gasteiger partial charge in [-0.15, -0.1) is 0 Å². The molecule has 3 nitrogen and oxygen atoms in total. The van der Waals surface area contributed by atoms with Gasteiger partial charge in [0.1, 0.15) is 5.75 Å². The number of halogens is 2. The van der Waals surface area contributed by atoms with E-state index in [4.69, 9.17) is 21.1 Å². The lowest BCUT2D eigenvalue weighted by atomic mass is 9.98. The second-order valence-electron chi connectivity index (χ2n) is 5.33. The Balaban J connectivity index is 2.16. The number of rotatable bonds is 7. The predicted molar refractivity (Wildman–Crippen MR) is 90.3 cm³/mol. The zero-order chi connectivity index (χ0) is 15.2. The molecule has 1 aliphatic rings. The first-order chi connectivity index (χ1) is 10.2. The Morgan fingerprint density at radius 2 is 2.33 bits per heavy atom. The van der Waals surface area contributed by atoms with Crippen LogP contribution in [0.5, 0.6) is 5.75 Å². The van der Waals surface area contributed by atoms with Crippen LogP contribution >= 0.6 is 27.5 Å². The number of hydrogen-bond acceptors (Lipinski definition) is 3. The van der Waals surface area contributed by atoms with Crippen LogP contribution < -0.4 is 10.1 Å². The Morgan fingerprint density at radius 1 is 1.52 bits per heavy atom. The van der Waals surface area contributed by atoms with Crippen molar-refractivity contribution in [3.05, 3.63) is 27.2 Å². The topological polar surface area (TPSA) is 30.5 Å². The van der Waals surface area contributed by atoms with E-state index in [9.17, 15) is 0 Å². The lowest BCUT2D eigenvalue weighted by Crippen LogP contribution is -2.23. The first-order valence-corrected chi connectivity index (χ1v) is 8.70. The molecule has 0 aliphatic carbocycles. The quantitative estimate of drug-likeness (QED) is 0.747. The largest absolute Gasteiger partial charge is 0.495 e. The highest BCUT2D eigenvalue weighted by Gasteiger charge is 2.22. The highest BCUT2D eigenvalue weighted by Crippen LogP contribution is 2.38. The van der Waals surface area contributed by atoms with E-state index in [2.05, 4.69) is 28.2 Å². The third kappa shape index (κ3) is 4.59. The van der Waals surface area contributed by atoms with Crippen molar-refractivity contribution < 1.29 is 9.47 Å². The molecule has 0 amide bonds. The summed E-state index contributed by atoms with van der Waals surface area (Å²) in [4.78, 5) is 0. The molecule has 1 aromatic carbocycles. The smallest absolute Gasteiger partial charge is 0.137 e. The summed E-state index contributed by atoms with van der Waals surface area (Å²) in [6.45, 7) is 3.93. The number of methoxy groups -OCH3 is 1. The molecule has 2 atom stereocenters. The fraction of sp³-hybridized carbons (Fsp3) is 0.625. The Bertz CT molecular complexity index is 464. The van der Waals surface area contributed by atoms with Crippen LogP contribution in [0.1, 0.15) is 44.2 Å². The summed E-state index contributed by atoms with van der Waals surface area (Å²) < 4.78 is 12.2. The molecule has 1 saturated heterocycles. The fourth-order valence-corrected chi connectivity index (χ4v) is 3.89. The summed E-state index contributed by atoms with van der Waals surface area (Å²) >= 11 is 9.75. The van der Waals surface area contributed by atoms with Gasteiger partial charge in [0.2, 0.25) is 0 Å². The van der Waals surface area contributed by atoms with E-state index in [0.29, 0.717) is 6.10 Å². The second-order valence-corrected chi connectivity index (χ2v) is 6.62. The van der Waals surface area contributed by atoms with Gasteiger partial charge < -0.3 is 14.8 Å². The fourth-order valence-electron chi connectivity index (χ4n) is 2.89. The minimum absolute atomic E-state index is 0.226. The molecular formula is C16H23BrClNO2. The normalized spacial score (nSPS) is 19.7. The second kappa shape index (κ2) is 8.37. The molecule has 1 aliphatic heterocycles. The molecule has 1 heterocycles. The Hall–Kier alpha value is -0.290. The van der Waals surface area contributed by atoms with Crippen molar-refractivity contribution in [1.82, 2.24) is 5.32 Å². The Morgan fingerprint density at radius 3 is 2.95 bits per heavy atom. The van der Waals surface area contributed by atoms with Crippen LogP contribution in [0.3, 0.4) is 0 Å². The van der Waals surface area contributed by atoms with Gasteiger partial charge in [-0.1, -0.05) is 18.5 Å². The number of ether oxygens (including phenoxy) is 2. The first-order valence-electron chi connectivity index (χ1n) is 7.53. The molecule has 2 unspecified atom stereocenters. The SMILES string of the molecule is CCNC(CCC1CCCO1)c1cc(Cl)cc(Br)c1OC. The highest BCUT2D eigenvalue weighted by molar-refractivity contribution is 9.10. The summed E-state index contributed by atoms with van der Waals surface area (Å²) in [7, 11) is 1.70. The summed E-state index contributed by atoms with van der Waals surface area (Å²) in [5.74, 6) is 0.859. The zero-order valence-electron chi connectivity index (χ0n) is 12.6. The van der Waals surface area contributed by atoms with E-state index in [1.807, 2.05) is 12.1 Å². The molecule has 0 spiro atoms. The molecule has 5 heteroatoms. The number of hydrogen-bond donors (Lipinski definition) is 1. The summed E-state index contributed by atoms with van der Waals surface area (Å²) in [5.41, 5.74) is 1.11. The van der Waals surface area contributed by atoms with Crippen molar-refractivity contribution >= 4 is 27.5 Å². The van der Waals surface area contributed by atoms with E-state index in [1.165, 1.54) is 12.8 Å². The molecule has 1 N–H and O–H groups in total. The molecule has 0 saturated carbocycles. The standard InChI is InChI=1S/C16H23BrClNO2/c1-3-19-15(7-6-12-5-4-8-21-12)13-9-11(18)10-14(17)16(13)20-2/h9-10,12,15,19H,3-8H2,1-2H3. The van der Waals surface area contributed by atoms with Gasteiger partial charge in [-0.3, -0.25) is 0 Å². The lowest BCUT2D eigenvalue weighted by Gasteiger charge is -2.23. The molecule has 0 radical (unpaired) electrons. The van der Waals surface area contributed by atoms with E-state index in [-0.39, 0.29) is 6.04 Å². The minimum Gasteiger partial charge on any atom is -0.495 e. The van der Waals surface area contributed by atoms with Gasteiger partial charge in [-0.05, 0) is 60.3 Å². The van der Waals surface area contributed by atoms with Crippen molar-refractivity contribution in [3.8, 4) is 5.75 Å². The monoisotopic (exact) mass is 375 g/mol. The van der Waals surface area contributed by atoms with Crippen LogP contribution in [0.25, 0.3) is 0 Å². The van der Waals surface area contributed by atoms with Crippen LogP contribution in [0.2, 0.25) is 5.02 Å². The molecule has 118 valence electrons. The minimum atomic E-state index is 0.226. The van der Waals surface area contributed by atoms with Crippen LogP contribution in [0.15, 0.2) is 16.6 Å². The molecule has 1 fully saturated rings. The average molecular weight is 377 g/mol. The van der Waals surface area contributed by atoms with Gasteiger partial charge in [0, 0.05) is 23.2 Å². The maximum atomic E-state index is 6.21. The van der Waals surface area contributed by atoms with Gasteiger partial charge in [0.15, 0.2) is 0 Å². The van der Waals surface area contributed by atoms with Crippen LogP contribution in [-0.4, -0.2) is 26.4 Å². The summed E-state index contributed by atoms with van der Waals surface area (Å²) in [6, 6.07) is 4.09. The van der Waals surface area contributed by atoms with Crippen LogP contribution in [0.4, 0.5) is 0 Å². The van der Waals surface area contributed by atoms with E-state index < -0.39 is 0 Å². The maximum Gasteiger partial charge on any atom is 0.137 e. The maximum absolute atomic E-state index is 6.21. The average Bonchev–Trinajstić information content (AvgIpc) is 2.96. The van der Waals surface area contributed by atoms with Crippen molar-refractivity contribution in [3.63, 3.8) is 0 Å². The van der Waals surface area contributed by atoms with Gasteiger partial charge >= 0.3 is 0 Å². The number of benzene rings is 1. The first kappa shape index (κ1) is 17.1. The van der Waals surface area contributed by atoms with Crippen LogP contribution in [0, 0.1) is 0 Å². The van der Waals surface area contributed by atoms with Crippen LogP contribution in [-0.2, 0) is 4.74 Å². The Kier molecular flexibility index (Phi) is 6.80. The molecule has 0 aromatic heterocycles. The van der Waals surface area contributed by atoms with Gasteiger partial charge in [0.05, 0.1) is 17.7 Å². The van der Waals surface area contributed by atoms with Crippen molar-refractivity contribution in [2.75, 3.05) is 20.3 Å². The Labute approximate surface area is 140 Å². The van der Waals surface area contributed by atoms with Gasteiger partial charge in [0.25, 0.3) is 0 Å². The van der Waals surface area contributed by atoms with E-state index in [1.54, 1.807) is 7.11 Å². The van der Waals surface area contributed by atoms with Gasteiger partial charge in [-0.2, -0.15) is 0 Å². The number of nitrogens with one attached hydrogen (secondary N) is 1. The van der Waals surface area contributed by atoms with Crippen molar-refractivity contribution in [1.29, 1.82) is 0 Å². The van der Waals surface area contributed by atoms with Crippen molar-refractivity contribution in [2.24, 2.45) is 0 Å².